The van der Waals surface area contributed by atoms with E-state index >= 15 is 0 Å². The maximum absolute atomic E-state index is 5.03. The predicted octanol–water partition coefficient (Wildman–Crippen LogP) is 1.98. The van der Waals surface area contributed by atoms with Crippen molar-refractivity contribution in [3.05, 3.63) is 30.8 Å². The van der Waals surface area contributed by atoms with Crippen LogP contribution in [-0.4, -0.2) is 11.1 Å². The van der Waals surface area contributed by atoms with Crippen LogP contribution < -0.4 is 0 Å². The normalized spacial score (nSPS) is 18.1. The first-order valence-corrected chi connectivity index (χ1v) is 3.38. The van der Waals surface area contributed by atoms with Gasteiger partial charge >= 0.3 is 0 Å². The molecule has 0 saturated carbocycles. The topological polar surface area (TPSA) is 12.4 Å². The molecule has 2 radical (unpaired) electrons. The molecular formula is C8H7NS. The Balaban J connectivity index is 2.80. The van der Waals surface area contributed by atoms with Crippen LogP contribution in [0.1, 0.15) is 6.42 Å². The minimum atomic E-state index is 0.827. The van der Waals surface area contributed by atoms with Crippen molar-refractivity contribution < 1.29 is 0 Å². The van der Waals surface area contributed by atoms with E-state index in [0.717, 1.165) is 16.9 Å². The van der Waals surface area contributed by atoms with Crippen LogP contribution in [0.4, 0.5) is 0 Å². The quantitative estimate of drug-likeness (QED) is 0.410. The van der Waals surface area contributed by atoms with Crippen LogP contribution in [0.15, 0.2) is 28.8 Å². The lowest BCUT2D eigenvalue weighted by atomic mass is 10.1. The zero-order valence-electron chi connectivity index (χ0n) is 5.45. The Morgan fingerprint density at radius 1 is 1.70 bits per heavy atom. The molecule has 0 N–H and O–H groups in total. The molecule has 0 bridgehead atoms. The van der Waals surface area contributed by atoms with E-state index < -0.39 is 0 Å². The van der Waals surface area contributed by atoms with Gasteiger partial charge in [0.15, 0.2) is 0 Å². The lowest BCUT2D eigenvalue weighted by molar-refractivity contribution is 1.48. The summed E-state index contributed by atoms with van der Waals surface area (Å²) in [4.78, 5) is 4.29. The first-order valence-electron chi connectivity index (χ1n) is 2.98. The van der Waals surface area contributed by atoms with Crippen molar-refractivity contribution in [3.63, 3.8) is 0 Å². The minimum absolute atomic E-state index is 0.827. The second-order valence-corrected chi connectivity index (χ2v) is 2.45. The first kappa shape index (κ1) is 7.35. The van der Waals surface area contributed by atoms with Gasteiger partial charge in [-0.15, -0.1) is 0 Å². The van der Waals surface area contributed by atoms with Crippen LogP contribution >= 0.6 is 12.2 Å². The molecule has 2 heteroatoms. The van der Waals surface area contributed by atoms with E-state index in [0.29, 0.717) is 0 Å². The van der Waals surface area contributed by atoms with Gasteiger partial charge in [0.1, 0.15) is 0 Å². The zero-order valence-corrected chi connectivity index (χ0v) is 6.27. The third-order valence-corrected chi connectivity index (χ3v) is 1.65. The van der Waals surface area contributed by atoms with Crippen molar-refractivity contribution >= 4 is 23.3 Å². The Kier molecular flexibility index (Phi) is 2.51. The average Bonchev–Trinajstić information content (AvgIpc) is 1.94. The Hall–Kier alpha value is -0.760. The Morgan fingerprint density at radius 2 is 2.50 bits per heavy atom. The lowest BCUT2D eigenvalue weighted by Gasteiger charge is -2.03. The molecule has 0 aromatic rings. The van der Waals surface area contributed by atoms with Gasteiger partial charge in [0, 0.05) is 23.1 Å². The summed E-state index contributed by atoms with van der Waals surface area (Å²) in [6.07, 6.45) is 8.27. The zero-order chi connectivity index (χ0) is 7.40. The largest absolute Gasteiger partial charge is 0.285 e. The third-order valence-electron chi connectivity index (χ3n) is 1.25. The lowest BCUT2D eigenvalue weighted by Crippen LogP contribution is -2.01. The van der Waals surface area contributed by atoms with Gasteiger partial charge in [0.05, 0.1) is 7.05 Å². The van der Waals surface area contributed by atoms with Crippen LogP contribution in [0.3, 0.4) is 0 Å². The highest BCUT2D eigenvalue weighted by Crippen LogP contribution is 2.07. The fourth-order valence-electron chi connectivity index (χ4n) is 0.753. The molecule has 0 aromatic heterocycles. The second kappa shape index (κ2) is 3.42. The molecule has 0 spiro atoms. The molecule has 0 aromatic carbocycles. The smallest absolute Gasteiger partial charge is 0.0989 e. The number of allylic oxidation sites excluding steroid dienone is 4. The van der Waals surface area contributed by atoms with E-state index in [1.165, 1.54) is 0 Å². The van der Waals surface area contributed by atoms with Crippen molar-refractivity contribution in [2.75, 3.05) is 0 Å². The summed E-state index contributed by atoms with van der Waals surface area (Å²) in [7, 11) is 4.97. The van der Waals surface area contributed by atoms with Crippen LogP contribution in [0.2, 0.25) is 0 Å². The molecule has 1 rings (SSSR count). The molecule has 0 amide bonds. The molecule has 10 heavy (non-hydrogen) atoms. The number of hydrogen-bond acceptors (Lipinski definition) is 2. The third kappa shape index (κ3) is 1.61. The average molecular weight is 149 g/mol. The van der Waals surface area contributed by atoms with E-state index in [-0.39, 0.29) is 0 Å². The molecule has 50 valence electrons. The Morgan fingerprint density at radius 3 is 3.10 bits per heavy atom. The molecule has 0 atom stereocenters. The van der Waals surface area contributed by atoms with Gasteiger partial charge in [-0.3, -0.25) is 4.99 Å². The van der Waals surface area contributed by atoms with E-state index in [1.807, 2.05) is 18.2 Å². The summed E-state index contributed by atoms with van der Waals surface area (Å²) in [6.45, 7) is 0. The van der Waals surface area contributed by atoms with Gasteiger partial charge in [-0.25, -0.2) is 0 Å². The molecule has 1 aliphatic rings. The monoisotopic (exact) mass is 149 g/mol. The molecule has 0 fully saturated rings. The molecule has 0 unspecified atom stereocenters. The summed E-state index contributed by atoms with van der Waals surface area (Å²) >= 11 is 5.03. The summed E-state index contributed by atoms with van der Waals surface area (Å²) in [5.41, 5.74) is 0.944. The van der Waals surface area contributed by atoms with Gasteiger partial charge in [0.2, 0.25) is 0 Å². The van der Waals surface area contributed by atoms with Crippen LogP contribution in [-0.2, 0) is 0 Å². The van der Waals surface area contributed by atoms with Crippen molar-refractivity contribution in [2.45, 2.75) is 6.42 Å². The van der Waals surface area contributed by atoms with Gasteiger partial charge in [-0.1, -0.05) is 30.4 Å². The van der Waals surface area contributed by atoms with E-state index in [9.17, 15) is 0 Å². The number of nitrogens with zero attached hydrogens (tertiary/aromatic N) is 1. The first-order chi connectivity index (χ1) is 4.84. The van der Waals surface area contributed by atoms with Crippen LogP contribution in [0, 0.1) is 7.05 Å². The van der Waals surface area contributed by atoms with Gasteiger partial charge in [-0.05, 0) is 0 Å². The second-order valence-electron chi connectivity index (χ2n) is 1.96. The molecule has 0 saturated heterocycles. The van der Waals surface area contributed by atoms with Crippen molar-refractivity contribution in [2.24, 2.45) is 4.99 Å². The maximum atomic E-state index is 5.03. The van der Waals surface area contributed by atoms with Gasteiger partial charge in [-0.2, -0.15) is 0 Å². The predicted molar refractivity (Wildman–Crippen MR) is 47.2 cm³/mol. The Labute approximate surface area is 66.2 Å². The standard InChI is InChI=1S/C8H7NS/c1-9-6-7-4-2-3-5-8(7)10/h1-4,6H,5H2. The molecule has 1 aliphatic carbocycles. The number of rotatable bonds is 1. The van der Waals surface area contributed by atoms with Crippen molar-refractivity contribution in [1.29, 1.82) is 0 Å². The maximum Gasteiger partial charge on any atom is 0.0989 e. The molecule has 0 aliphatic heterocycles. The van der Waals surface area contributed by atoms with Crippen molar-refractivity contribution in [1.82, 2.24) is 0 Å². The molecule has 1 nitrogen and oxygen atoms in total. The van der Waals surface area contributed by atoms with E-state index in [2.05, 4.69) is 4.99 Å². The fourth-order valence-corrected chi connectivity index (χ4v) is 0.970. The number of aliphatic imine (C=N–C) groups is 1. The highest BCUT2D eigenvalue weighted by atomic mass is 32.1. The van der Waals surface area contributed by atoms with E-state index in [1.54, 1.807) is 6.21 Å². The summed E-state index contributed by atoms with van der Waals surface area (Å²) in [6, 6.07) is 0. The SMILES string of the molecule is [CH]N=CC1=CC=CCC1=S. The minimum Gasteiger partial charge on any atom is -0.285 e. The number of thiocarbonyl (C=S) groups is 1. The highest BCUT2D eigenvalue weighted by molar-refractivity contribution is 7.81. The van der Waals surface area contributed by atoms with Crippen molar-refractivity contribution in [3.8, 4) is 0 Å². The van der Waals surface area contributed by atoms with Crippen LogP contribution in [0.5, 0.6) is 0 Å². The molecular weight excluding hydrogens is 142 g/mol. The summed E-state index contributed by atoms with van der Waals surface area (Å²) < 4.78 is 0. The highest BCUT2D eigenvalue weighted by Gasteiger charge is 2.01. The number of hydrogen-bond donors (Lipinski definition) is 0. The summed E-state index contributed by atoms with van der Waals surface area (Å²) in [5.74, 6) is 0. The van der Waals surface area contributed by atoms with Crippen LogP contribution in [0.25, 0.3) is 0 Å². The van der Waals surface area contributed by atoms with Gasteiger partial charge in [0.25, 0.3) is 0 Å². The van der Waals surface area contributed by atoms with E-state index in [4.69, 9.17) is 19.3 Å². The fraction of sp³-hybridized carbons (Fsp3) is 0.125. The van der Waals surface area contributed by atoms with Gasteiger partial charge < -0.3 is 0 Å². The summed E-state index contributed by atoms with van der Waals surface area (Å²) in [5, 5.41) is 0. The Bertz CT molecular complexity index is 223. The molecule has 0 heterocycles.